The average molecular weight is 530 g/mol. The number of thiophene rings is 1. The summed E-state index contributed by atoms with van der Waals surface area (Å²) in [5.74, 6) is 0. The van der Waals surface area contributed by atoms with Gasteiger partial charge in [0.1, 0.15) is 11.2 Å². The van der Waals surface area contributed by atoms with E-state index in [1.54, 1.807) is 0 Å². The zero-order valence-electron chi connectivity index (χ0n) is 21.8. The molecule has 0 saturated carbocycles. The van der Waals surface area contributed by atoms with Crippen molar-refractivity contribution in [1.82, 2.24) is 4.57 Å². The third kappa shape index (κ3) is 3.04. The van der Waals surface area contributed by atoms with Crippen molar-refractivity contribution in [3.63, 3.8) is 0 Å². The van der Waals surface area contributed by atoms with Gasteiger partial charge < -0.3 is 8.98 Å². The van der Waals surface area contributed by atoms with Crippen LogP contribution in [0.4, 0.5) is 0 Å². The van der Waals surface area contributed by atoms with Crippen LogP contribution < -0.4 is 0 Å². The van der Waals surface area contributed by atoms with Gasteiger partial charge in [0.25, 0.3) is 0 Å². The summed E-state index contributed by atoms with van der Waals surface area (Å²) < 4.78 is 11.2. The van der Waals surface area contributed by atoms with Crippen LogP contribution in [0.2, 0.25) is 0 Å². The van der Waals surface area contributed by atoms with Crippen LogP contribution in [0.15, 0.2) is 126 Å². The average Bonchev–Trinajstić information content (AvgIpc) is 3.65. The molecule has 0 aliphatic rings. The maximum atomic E-state index is 6.24. The maximum Gasteiger partial charge on any atom is 0.136 e. The number of hydrogen-bond donors (Lipinski definition) is 0. The van der Waals surface area contributed by atoms with Gasteiger partial charge in [-0.3, -0.25) is 0 Å². The molecule has 3 heterocycles. The first-order valence-corrected chi connectivity index (χ1v) is 14.4. The monoisotopic (exact) mass is 529 g/mol. The lowest BCUT2D eigenvalue weighted by atomic mass is 10.0. The van der Waals surface area contributed by atoms with Crippen LogP contribution in [-0.2, 0) is 0 Å². The Balaban J connectivity index is 1.19. The van der Waals surface area contributed by atoms with Gasteiger partial charge in [0, 0.05) is 47.4 Å². The van der Waals surface area contributed by atoms with Crippen molar-refractivity contribution < 1.29 is 4.42 Å². The van der Waals surface area contributed by atoms with Gasteiger partial charge in [-0.25, -0.2) is 0 Å². The second kappa shape index (κ2) is 8.08. The molecule has 0 fully saturated rings. The van der Waals surface area contributed by atoms with Crippen molar-refractivity contribution >= 4 is 75.3 Å². The number of fused-ring (bicyclic) bond motifs is 9. The Labute approximate surface area is 234 Å². The molecule has 9 rings (SSSR count). The van der Waals surface area contributed by atoms with Crippen molar-refractivity contribution in [2.75, 3.05) is 0 Å². The molecule has 6 aromatic carbocycles. The predicted molar refractivity (Wildman–Crippen MR) is 171 cm³/mol. The largest absolute Gasteiger partial charge is 0.456 e. The van der Waals surface area contributed by atoms with Crippen LogP contribution in [0.5, 0.6) is 0 Å². The first kappa shape index (κ1) is 22.0. The lowest BCUT2D eigenvalue weighted by molar-refractivity contribution is 0.669. The number of benzene rings is 6. The summed E-state index contributed by atoms with van der Waals surface area (Å²) in [6, 6.07) is 44.0. The van der Waals surface area contributed by atoms with E-state index in [-0.39, 0.29) is 0 Å². The van der Waals surface area contributed by atoms with E-state index in [1.165, 1.54) is 75.1 Å². The molecule has 9 aromatic rings. The van der Waals surface area contributed by atoms with E-state index in [1.807, 2.05) is 11.3 Å². The minimum Gasteiger partial charge on any atom is -0.456 e. The molecule has 0 aliphatic carbocycles. The van der Waals surface area contributed by atoms with Gasteiger partial charge in [-0.2, -0.15) is 0 Å². The summed E-state index contributed by atoms with van der Waals surface area (Å²) >= 11 is 1.87. The molecule has 3 aromatic heterocycles. The third-order valence-electron chi connectivity index (χ3n) is 8.33. The van der Waals surface area contributed by atoms with Crippen LogP contribution >= 0.6 is 11.3 Å². The molecule has 0 radical (unpaired) electrons. The van der Waals surface area contributed by atoms with Crippen molar-refractivity contribution in [3.8, 4) is 16.8 Å². The first-order chi connectivity index (χ1) is 19.7. The molecule has 0 saturated heterocycles. The lowest BCUT2D eigenvalue weighted by Gasteiger charge is -2.08. The van der Waals surface area contributed by atoms with Gasteiger partial charge in [-0.15, -0.1) is 11.3 Å². The number of para-hydroxylation sites is 2. The Hall–Kier alpha value is -4.86. The summed E-state index contributed by atoms with van der Waals surface area (Å²) in [6.45, 7) is 2.15. The number of nitrogens with zero attached hydrogens (tertiary/aromatic N) is 1. The molecule has 40 heavy (non-hydrogen) atoms. The number of aromatic nitrogens is 1. The molecule has 188 valence electrons. The Bertz CT molecular complexity index is 2400. The Morgan fingerprint density at radius 1 is 0.525 bits per heavy atom. The maximum absolute atomic E-state index is 6.24. The zero-order valence-corrected chi connectivity index (χ0v) is 22.6. The SMILES string of the molecule is Cc1cccc2oc3cc(-c4ccc5c(c4)sc4cc(-n6c7ccccc7c7ccccc76)ccc45)ccc3c12. The minimum absolute atomic E-state index is 0.939. The molecule has 0 amide bonds. The highest BCUT2D eigenvalue weighted by molar-refractivity contribution is 7.25. The van der Waals surface area contributed by atoms with E-state index < -0.39 is 0 Å². The lowest BCUT2D eigenvalue weighted by Crippen LogP contribution is -1.92. The minimum atomic E-state index is 0.939. The van der Waals surface area contributed by atoms with E-state index in [0.717, 1.165) is 11.2 Å². The second-order valence-electron chi connectivity index (χ2n) is 10.6. The topological polar surface area (TPSA) is 18.1 Å². The van der Waals surface area contributed by atoms with Gasteiger partial charge in [0.2, 0.25) is 0 Å². The molecule has 3 heteroatoms. The van der Waals surface area contributed by atoms with Crippen LogP contribution in [0.1, 0.15) is 5.56 Å². The smallest absolute Gasteiger partial charge is 0.136 e. The van der Waals surface area contributed by atoms with Crippen molar-refractivity contribution in [1.29, 1.82) is 0 Å². The Morgan fingerprint density at radius 2 is 1.18 bits per heavy atom. The molecular weight excluding hydrogens is 506 g/mol. The number of aryl methyl sites for hydroxylation is 1. The van der Waals surface area contributed by atoms with Gasteiger partial charge in [0.05, 0.1) is 11.0 Å². The van der Waals surface area contributed by atoms with E-state index in [9.17, 15) is 0 Å². The van der Waals surface area contributed by atoms with E-state index in [4.69, 9.17) is 4.42 Å². The molecule has 0 aliphatic heterocycles. The standard InChI is InChI=1S/C37H23NOS/c1-22-7-6-12-33-37(22)30-17-14-23(19-34(30)39-33)24-13-16-28-29-18-15-25(21-36(29)40-35(28)20-24)38-31-10-4-2-8-26(31)27-9-3-5-11-32(27)38/h2-21H,1H3. The Morgan fingerprint density at radius 3 is 1.95 bits per heavy atom. The third-order valence-corrected chi connectivity index (χ3v) is 9.45. The van der Waals surface area contributed by atoms with E-state index in [2.05, 4.69) is 133 Å². The second-order valence-corrected chi connectivity index (χ2v) is 11.7. The fourth-order valence-electron chi connectivity index (χ4n) is 6.47. The molecule has 0 N–H and O–H groups in total. The highest BCUT2D eigenvalue weighted by Gasteiger charge is 2.14. The van der Waals surface area contributed by atoms with Gasteiger partial charge >= 0.3 is 0 Å². The summed E-state index contributed by atoms with van der Waals surface area (Å²) in [5, 5.41) is 7.57. The normalized spacial score (nSPS) is 12.1. The summed E-state index contributed by atoms with van der Waals surface area (Å²) in [5.41, 5.74) is 9.19. The summed E-state index contributed by atoms with van der Waals surface area (Å²) in [4.78, 5) is 0. The predicted octanol–water partition coefficient (Wildman–Crippen LogP) is 11.0. The number of furan rings is 1. The highest BCUT2D eigenvalue weighted by atomic mass is 32.1. The highest BCUT2D eigenvalue weighted by Crippen LogP contribution is 2.40. The van der Waals surface area contributed by atoms with Crippen LogP contribution in [-0.4, -0.2) is 4.57 Å². The first-order valence-electron chi connectivity index (χ1n) is 13.6. The fourth-order valence-corrected chi connectivity index (χ4v) is 7.65. The van der Waals surface area contributed by atoms with Gasteiger partial charge in [-0.05, 0) is 72.1 Å². The van der Waals surface area contributed by atoms with Gasteiger partial charge in [0.15, 0.2) is 0 Å². The molecule has 0 bridgehead atoms. The van der Waals surface area contributed by atoms with E-state index >= 15 is 0 Å². The Kier molecular flexibility index (Phi) is 4.44. The quantitative estimate of drug-likeness (QED) is 0.218. The molecule has 0 unspecified atom stereocenters. The van der Waals surface area contributed by atoms with Crippen LogP contribution in [0.25, 0.3) is 80.7 Å². The van der Waals surface area contributed by atoms with Crippen molar-refractivity contribution in [3.05, 3.63) is 127 Å². The zero-order chi connectivity index (χ0) is 26.4. The molecule has 0 atom stereocenters. The molecule has 2 nitrogen and oxygen atoms in total. The van der Waals surface area contributed by atoms with Crippen LogP contribution in [0, 0.1) is 6.92 Å². The van der Waals surface area contributed by atoms with Crippen molar-refractivity contribution in [2.24, 2.45) is 0 Å². The molecule has 0 spiro atoms. The number of rotatable bonds is 2. The summed E-state index contributed by atoms with van der Waals surface area (Å²) in [6.07, 6.45) is 0. The van der Waals surface area contributed by atoms with Crippen molar-refractivity contribution in [2.45, 2.75) is 6.92 Å². The summed E-state index contributed by atoms with van der Waals surface area (Å²) in [7, 11) is 0. The van der Waals surface area contributed by atoms with E-state index in [0.29, 0.717) is 0 Å². The van der Waals surface area contributed by atoms with Gasteiger partial charge in [-0.1, -0.05) is 72.8 Å². The number of hydrogen-bond acceptors (Lipinski definition) is 2. The molecular formula is C37H23NOS. The fraction of sp³-hybridized carbons (Fsp3) is 0.0270. The van der Waals surface area contributed by atoms with Crippen LogP contribution in [0.3, 0.4) is 0 Å².